The van der Waals surface area contributed by atoms with Crippen LogP contribution in [0.15, 0.2) is 72.9 Å². The smallest absolute Gasteiger partial charge is 0.269 e. The normalized spacial score (nSPS) is 11.6. The minimum absolute atomic E-state index is 0.187. The van der Waals surface area contributed by atoms with Crippen molar-refractivity contribution in [3.05, 3.63) is 84.2 Å². The number of aromatic amines is 1. The van der Waals surface area contributed by atoms with Gasteiger partial charge in [-0.3, -0.25) is 14.7 Å². The van der Waals surface area contributed by atoms with E-state index in [0.29, 0.717) is 12.1 Å². The summed E-state index contributed by atoms with van der Waals surface area (Å²) in [5.41, 5.74) is 2.06. The number of amides is 2. The summed E-state index contributed by atoms with van der Waals surface area (Å²) in [5.74, 6) is -0.550. The Kier molecular flexibility index (Phi) is 5.43. The summed E-state index contributed by atoms with van der Waals surface area (Å²) in [4.78, 5) is 27.0. The Morgan fingerprint density at radius 1 is 1.04 bits per heavy atom. The van der Waals surface area contributed by atoms with E-state index in [0.717, 1.165) is 11.3 Å². The van der Waals surface area contributed by atoms with Crippen LogP contribution in [-0.4, -0.2) is 35.1 Å². The molecule has 0 aliphatic rings. The molecule has 1 heterocycles. The van der Waals surface area contributed by atoms with E-state index >= 15 is 0 Å². The predicted molar refractivity (Wildman–Crippen MR) is 99.8 cm³/mol. The first kappa shape index (κ1) is 17.4. The van der Waals surface area contributed by atoms with Crippen LogP contribution in [0.3, 0.4) is 0 Å². The number of nitrogens with zero attached hydrogens (tertiary/aromatic N) is 2. The largest absolute Gasteiger partial charge is 0.339 e. The maximum absolute atomic E-state index is 13.0. The third-order valence-corrected chi connectivity index (χ3v) is 4.11. The number of para-hydroxylation sites is 1. The molecule has 0 spiro atoms. The molecule has 3 aromatic rings. The molecule has 0 radical (unpaired) electrons. The van der Waals surface area contributed by atoms with E-state index < -0.39 is 6.04 Å². The van der Waals surface area contributed by atoms with E-state index in [2.05, 4.69) is 15.5 Å². The molecule has 1 aromatic heterocycles. The predicted octanol–water partition coefficient (Wildman–Crippen LogP) is 2.41. The molecule has 2 N–H and O–H groups in total. The van der Waals surface area contributed by atoms with Gasteiger partial charge >= 0.3 is 0 Å². The number of carbonyl (C=O) groups excluding carboxylic acids is 2. The van der Waals surface area contributed by atoms with Crippen molar-refractivity contribution in [2.24, 2.45) is 0 Å². The lowest BCUT2D eigenvalue weighted by Gasteiger charge is -2.24. The van der Waals surface area contributed by atoms with Gasteiger partial charge in [0, 0.05) is 25.4 Å². The molecule has 0 saturated carbocycles. The molecule has 6 heteroatoms. The first-order chi connectivity index (χ1) is 12.6. The van der Waals surface area contributed by atoms with Crippen LogP contribution in [0, 0.1) is 0 Å². The summed E-state index contributed by atoms with van der Waals surface area (Å²) in [6.07, 6.45) is 1.90. The Bertz CT molecular complexity index is 848. The number of carbonyl (C=O) groups is 2. The topological polar surface area (TPSA) is 78.1 Å². The molecular weight excluding hydrogens is 328 g/mol. The summed E-state index contributed by atoms with van der Waals surface area (Å²) >= 11 is 0. The number of benzene rings is 2. The molecule has 2 aromatic carbocycles. The number of nitrogens with one attached hydrogen (secondary N) is 2. The van der Waals surface area contributed by atoms with Crippen LogP contribution in [0.5, 0.6) is 0 Å². The second-order valence-corrected chi connectivity index (χ2v) is 5.92. The zero-order valence-corrected chi connectivity index (χ0v) is 14.4. The third kappa shape index (κ3) is 4.16. The highest BCUT2D eigenvalue weighted by Gasteiger charge is 2.26. The Morgan fingerprint density at radius 2 is 1.69 bits per heavy atom. The average Bonchev–Trinajstić information content (AvgIpc) is 3.23. The van der Waals surface area contributed by atoms with Crippen LogP contribution >= 0.6 is 0 Å². The van der Waals surface area contributed by atoms with Crippen LogP contribution in [-0.2, 0) is 11.2 Å². The van der Waals surface area contributed by atoms with Crippen molar-refractivity contribution in [1.29, 1.82) is 0 Å². The Labute approximate surface area is 151 Å². The number of H-pyrrole nitrogens is 1. The van der Waals surface area contributed by atoms with Gasteiger partial charge in [-0.15, -0.1) is 0 Å². The molecule has 1 atom stereocenters. The van der Waals surface area contributed by atoms with Crippen LogP contribution in [0.25, 0.3) is 0 Å². The molecule has 3 rings (SSSR count). The van der Waals surface area contributed by atoms with Gasteiger partial charge in [-0.25, -0.2) is 0 Å². The van der Waals surface area contributed by atoms with Crippen LogP contribution in [0.2, 0.25) is 0 Å². The van der Waals surface area contributed by atoms with Gasteiger partial charge in [0.05, 0.1) is 0 Å². The second-order valence-electron chi connectivity index (χ2n) is 5.92. The molecule has 0 unspecified atom stereocenters. The van der Waals surface area contributed by atoms with E-state index in [-0.39, 0.29) is 11.8 Å². The standard InChI is InChI=1S/C20H20N4O2/c1-24(16-10-6-3-7-11-16)20(26)18(14-15-8-4-2-5-9-15)22-19(25)17-12-13-21-23-17/h2-13,18H,14H2,1H3,(H,21,23)(H,22,25)/t18-/m0/s1. The van der Waals surface area contributed by atoms with E-state index in [9.17, 15) is 9.59 Å². The van der Waals surface area contributed by atoms with Gasteiger partial charge in [-0.2, -0.15) is 5.10 Å². The number of hydrogen-bond acceptors (Lipinski definition) is 3. The average molecular weight is 348 g/mol. The highest BCUT2D eigenvalue weighted by atomic mass is 16.2. The summed E-state index contributed by atoms with van der Waals surface area (Å²) in [6.45, 7) is 0. The van der Waals surface area contributed by atoms with Crippen molar-refractivity contribution in [2.45, 2.75) is 12.5 Å². The molecular formula is C20H20N4O2. The van der Waals surface area contributed by atoms with Crippen molar-refractivity contribution in [1.82, 2.24) is 15.5 Å². The minimum Gasteiger partial charge on any atom is -0.339 e. The van der Waals surface area contributed by atoms with Gasteiger partial charge in [0.2, 0.25) is 5.91 Å². The first-order valence-electron chi connectivity index (χ1n) is 8.32. The fourth-order valence-electron chi connectivity index (χ4n) is 2.68. The number of likely N-dealkylation sites (N-methyl/N-ethyl adjacent to an activating group) is 1. The maximum atomic E-state index is 13.0. The summed E-state index contributed by atoms with van der Waals surface area (Å²) < 4.78 is 0. The Morgan fingerprint density at radius 3 is 2.31 bits per heavy atom. The zero-order valence-electron chi connectivity index (χ0n) is 14.4. The first-order valence-corrected chi connectivity index (χ1v) is 8.32. The third-order valence-electron chi connectivity index (χ3n) is 4.11. The minimum atomic E-state index is -0.696. The molecule has 0 aliphatic carbocycles. The molecule has 0 aliphatic heterocycles. The van der Waals surface area contributed by atoms with E-state index in [1.165, 1.54) is 6.20 Å². The lowest BCUT2D eigenvalue weighted by molar-refractivity contribution is -0.120. The lowest BCUT2D eigenvalue weighted by Crippen LogP contribution is -2.48. The van der Waals surface area contributed by atoms with Gasteiger partial charge in [0.25, 0.3) is 5.91 Å². The Hall–Kier alpha value is -3.41. The monoisotopic (exact) mass is 348 g/mol. The fraction of sp³-hybridized carbons (Fsp3) is 0.150. The van der Waals surface area contributed by atoms with Gasteiger partial charge in [-0.05, 0) is 23.8 Å². The van der Waals surface area contributed by atoms with Crippen molar-refractivity contribution in [2.75, 3.05) is 11.9 Å². The lowest BCUT2D eigenvalue weighted by atomic mass is 10.0. The molecule has 26 heavy (non-hydrogen) atoms. The van der Waals surface area contributed by atoms with Crippen molar-refractivity contribution < 1.29 is 9.59 Å². The summed E-state index contributed by atoms with van der Waals surface area (Å²) in [6, 6.07) is 19.8. The number of anilines is 1. The highest BCUT2D eigenvalue weighted by Crippen LogP contribution is 2.14. The number of rotatable bonds is 6. The number of hydrogen-bond donors (Lipinski definition) is 2. The van der Waals surface area contributed by atoms with Crippen LogP contribution < -0.4 is 10.2 Å². The molecule has 0 fully saturated rings. The van der Waals surface area contributed by atoms with Crippen molar-refractivity contribution in [3.8, 4) is 0 Å². The quantitative estimate of drug-likeness (QED) is 0.718. The fourth-order valence-corrected chi connectivity index (χ4v) is 2.68. The van der Waals surface area contributed by atoms with E-state index in [4.69, 9.17) is 0 Å². The Balaban J connectivity index is 1.81. The summed E-state index contributed by atoms with van der Waals surface area (Å²) in [7, 11) is 1.71. The zero-order chi connectivity index (χ0) is 18.4. The molecule has 2 amide bonds. The highest BCUT2D eigenvalue weighted by molar-refractivity contribution is 6.01. The molecule has 6 nitrogen and oxygen atoms in total. The van der Waals surface area contributed by atoms with Crippen LogP contribution in [0.1, 0.15) is 16.1 Å². The van der Waals surface area contributed by atoms with Crippen LogP contribution in [0.4, 0.5) is 5.69 Å². The van der Waals surface area contributed by atoms with E-state index in [1.807, 2.05) is 60.7 Å². The maximum Gasteiger partial charge on any atom is 0.269 e. The van der Waals surface area contributed by atoms with Gasteiger partial charge in [-0.1, -0.05) is 48.5 Å². The second kappa shape index (κ2) is 8.11. The number of aromatic nitrogens is 2. The van der Waals surface area contributed by atoms with Gasteiger partial charge < -0.3 is 10.2 Å². The SMILES string of the molecule is CN(C(=O)[C@H](Cc1ccccc1)NC(=O)c1ccn[nH]1)c1ccccc1. The molecule has 0 saturated heterocycles. The van der Waals surface area contributed by atoms with E-state index in [1.54, 1.807) is 18.0 Å². The van der Waals surface area contributed by atoms with Crippen molar-refractivity contribution >= 4 is 17.5 Å². The van der Waals surface area contributed by atoms with Gasteiger partial charge in [0.15, 0.2) is 0 Å². The van der Waals surface area contributed by atoms with Crippen molar-refractivity contribution in [3.63, 3.8) is 0 Å². The molecule has 132 valence electrons. The summed E-state index contributed by atoms with van der Waals surface area (Å²) in [5, 5.41) is 9.22. The molecule has 0 bridgehead atoms. The van der Waals surface area contributed by atoms with Gasteiger partial charge in [0.1, 0.15) is 11.7 Å².